The second-order valence-electron chi connectivity index (χ2n) is 7.63. The lowest BCUT2D eigenvalue weighted by Gasteiger charge is -2.33. The summed E-state index contributed by atoms with van der Waals surface area (Å²) in [6.45, 7) is 7.43. The monoisotopic (exact) mass is 362 g/mol. The van der Waals surface area contributed by atoms with Gasteiger partial charge in [-0.2, -0.15) is 13.2 Å². The van der Waals surface area contributed by atoms with Crippen LogP contribution < -0.4 is 15.5 Å². The van der Waals surface area contributed by atoms with Crippen LogP contribution in [-0.2, 0) is 6.18 Å². The topological polar surface area (TPSA) is 31.7 Å². The van der Waals surface area contributed by atoms with E-state index in [1.807, 2.05) is 19.9 Å². The molecule has 0 spiro atoms. The summed E-state index contributed by atoms with van der Waals surface area (Å²) >= 11 is 0. The third-order valence-electron chi connectivity index (χ3n) is 5.01. The minimum Gasteiger partial charge on any atom is -0.352 e. The molecule has 0 amide bonds. The third-order valence-corrected chi connectivity index (χ3v) is 5.01. The SMILES string of the molecule is CN1CCN(c2nc3ccc(C(F)(F)F)cc3c3c2=NC(C)(C)C=3)CC1. The number of hydrogen-bond donors (Lipinski definition) is 0. The van der Waals surface area contributed by atoms with Crippen LogP contribution in [0.15, 0.2) is 23.2 Å². The number of anilines is 1. The molecule has 2 aliphatic heterocycles. The van der Waals surface area contributed by atoms with Gasteiger partial charge in [0.15, 0.2) is 5.82 Å². The van der Waals surface area contributed by atoms with Gasteiger partial charge in [-0.1, -0.05) is 0 Å². The van der Waals surface area contributed by atoms with Crippen LogP contribution in [0.2, 0.25) is 0 Å². The van der Waals surface area contributed by atoms with Crippen molar-refractivity contribution in [2.45, 2.75) is 25.6 Å². The van der Waals surface area contributed by atoms with E-state index in [-0.39, 0.29) is 0 Å². The fourth-order valence-corrected chi connectivity index (χ4v) is 3.61. The number of benzene rings is 1. The van der Waals surface area contributed by atoms with Crippen LogP contribution in [0.3, 0.4) is 0 Å². The third kappa shape index (κ3) is 2.94. The van der Waals surface area contributed by atoms with E-state index >= 15 is 0 Å². The summed E-state index contributed by atoms with van der Waals surface area (Å²) in [5, 5.41) is 1.99. The van der Waals surface area contributed by atoms with E-state index in [2.05, 4.69) is 16.8 Å². The Morgan fingerprint density at radius 2 is 1.77 bits per heavy atom. The van der Waals surface area contributed by atoms with Crippen LogP contribution in [-0.4, -0.2) is 48.6 Å². The van der Waals surface area contributed by atoms with Gasteiger partial charge in [-0.05, 0) is 45.2 Å². The molecule has 0 bridgehead atoms. The maximum atomic E-state index is 13.2. The Hall–Kier alpha value is -2.15. The molecule has 0 unspecified atom stereocenters. The van der Waals surface area contributed by atoms with Crippen LogP contribution >= 0.6 is 0 Å². The van der Waals surface area contributed by atoms with Gasteiger partial charge in [-0.25, -0.2) is 4.98 Å². The number of piperazine rings is 1. The largest absolute Gasteiger partial charge is 0.416 e. The smallest absolute Gasteiger partial charge is 0.352 e. The molecule has 138 valence electrons. The molecular weight excluding hydrogens is 341 g/mol. The summed E-state index contributed by atoms with van der Waals surface area (Å²) in [4.78, 5) is 13.9. The van der Waals surface area contributed by atoms with E-state index in [1.54, 1.807) is 0 Å². The lowest BCUT2D eigenvalue weighted by Crippen LogP contribution is -2.47. The zero-order chi connectivity index (χ0) is 18.7. The van der Waals surface area contributed by atoms with Crippen LogP contribution in [0.5, 0.6) is 0 Å². The minimum absolute atomic E-state index is 0.451. The molecule has 7 heteroatoms. The molecule has 0 atom stereocenters. The Morgan fingerprint density at radius 3 is 2.42 bits per heavy atom. The number of rotatable bonds is 1. The summed E-state index contributed by atoms with van der Waals surface area (Å²) in [5.41, 5.74) is -0.525. The van der Waals surface area contributed by atoms with Crippen molar-refractivity contribution in [1.29, 1.82) is 0 Å². The van der Waals surface area contributed by atoms with Crippen LogP contribution in [0, 0.1) is 0 Å². The molecule has 1 aromatic carbocycles. The number of nitrogens with zero attached hydrogens (tertiary/aromatic N) is 4. The molecule has 3 heterocycles. The van der Waals surface area contributed by atoms with E-state index in [0.29, 0.717) is 16.3 Å². The molecule has 0 aliphatic carbocycles. The van der Waals surface area contributed by atoms with Crippen molar-refractivity contribution in [2.75, 3.05) is 38.1 Å². The normalized spacial score (nSPS) is 20.0. The van der Waals surface area contributed by atoms with Gasteiger partial charge in [-0.15, -0.1) is 0 Å². The molecule has 1 saturated heterocycles. The first-order chi connectivity index (χ1) is 12.1. The Kier molecular flexibility index (Phi) is 3.77. The molecule has 0 N–H and O–H groups in total. The average molecular weight is 362 g/mol. The van der Waals surface area contributed by atoms with E-state index in [0.717, 1.165) is 43.3 Å². The number of fused-ring (bicyclic) bond motifs is 3. The molecule has 26 heavy (non-hydrogen) atoms. The molecule has 2 aliphatic rings. The van der Waals surface area contributed by atoms with Crippen molar-refractivity contribution < 1.29 is 13.2 Å². The molecule has 1 fully saturated rings. The van der Waals surface area contributed by atoms with Crippen molar-refractivity contribution in [3.8, 4) is 0 Å². The van der Waals surface area contributed by atoms with Gasteiger partial charge in [0.25, 0.3) is 0 Å². The highest BCUT2D eigenvalue weighted by Crippen LogP contribution is 2.31. The number of hydrogen-bond acceptors (Lipinski definition) is 4. The zero-order valence-corrected chi connectivity index (χ0v) is 15.1. The molecule has 0 saturated carbocycles. The Bertz CT molecular complexity index is 986. The standard InChI is InChI=1S/C19H21F3N4/c1-18(2)11-14-13-10-12(19(20,21)22)4-5-15(13)23-17(16(14)24-18)26-8-6-25(3)7-9-26/h4-5,10-11H,6-9H2,1-3H3. The van der Waals surface area contributed by atoms with Crippen molar-refractivity contribution >= 4 is 22.8 Å². The molecule has 4 rings (SSSR count). The van der Waals surface area contributed by atoms with Crippen molar-refractivity contribution in [1.82, 2.24) is 9.88 Å². The van der Waals surface area contributed by atoms with Crippen LogP contribution in [0.4, 0.5) is 19.0 Å². The van der Waals surface area contributed by atoms with Gasteiger partial charge >= 0.3 is 6.18 Å². The van der Waals surface area contributed by atoms with E-state index in [4.69, 9.17) is 9.98 Å². The van der Waals surface area contributed by atoms with Crippen molar-refractivity contribution in [3.05, 3.63) is 34.3 Å². The summed E-state index contributed by atoms with van der Waals surface area (Å²) in [6.07, 6.45) is -2.42. The number of likely N-dealkylation sites (N-methyl/N-ethyl adjacent to an activating group) is 1. The first-order valence-electron chi connectivity index (χ1n) is 8.71. The van der Waals surface area contributed by atoms with Gasteiger partial charge < -0.3 is 9.80 Å². The molecular formula is C19H21F3N4. The fraction of sp³-hybridized carbons (Fsp3) is 0.474. The van der Waals surface area contributed by atoms with Crippen molar-refractivity contribution in [3.63, 3.8) is 0 Å². The van der Waals surface area contributed by atoms with Gasteiger partial charge in [-0.3, -0.25) is 4.99 Å². The van der Waals surface area contributed by atoms with E-state index in [9.17, 15) is 13.2 Å². The summed E-state index contributed by atoms with van der Waals surface area (Å²) in [7, 11) is 2.08. The van der Waals surface area contributed by atoms with Gasteiger partial charge in [0.2, 0.25) is 0 Å². The molecule has 4 nitrogen and oxygen atoms in total. The second-order valence-corrected chi connectivity index (χ2v) is 7.63. The maximum Gasteiger partial charge on any atom is 0.416 e. The highest BCUT2D eigenvalue weighted by atomic mass is 19.4. The molecule has 0 radical (unpaired) electrons. The van der Waals surface area contributed by atoms with Gasteiger partial charge in [0.05, 0.1) is 16.6 Å². The van der Waals surface area contributed by atoms with Gasteiger partial charge in [0.1, 0.15) is 5.36 Å². The van der Waals surface area contributed by atoms with E-state index < -0.39 is 17.3 Å². The summed E-state index contributed by atoms with van der Waals surface area (Å²) < 4.78 is 39.5. The summed E-state index contributed by atoms with van der Waals surface area (Å²) in [6, 6.07) is 3.77. The number of pyridine rings is 1. The van der Waals surface area contributed by atoms with Crippen molar-refractivity contribution in [2.24, 2.45) is 4.99 Å². The predicted molar refractivity (Wildman–Crippen MR) is 95.8 cm³/mol. The Labute approximate surface area is 149 Å². The molecule has 1 aromatic heterocycles. The van der Waals surface area contributed by atoms with Gasteiger partial charge in [0, 0.05) is 36.8 Å². The zero-order valence-electron chi connectivity index (χ0n) is 15.1. The highest BCUT2D eigenvalue weighted by molar-refractivity contribution is 5.83. The molecule has 2 aromatic rings. The number of alkyl halides is 3. The lowest BCUT2D eigenvalue weighted by atomic mass is 10.0. The van der Waals surface area contributed by atoms with Crippen LogP contribution in [0.25, 0.3) is 17.0 Å². The first kappa shape index (κ1) is 17.3. The Balaban J connectivity index is 1.96. The summed E-state index contributed by atoms with van der Waals surface area (Å²) in [5.74, 6) is 0.780. The van der Waals surface area contributed by atoms with E-state index in [1.165, 1.54) is 12.1 Å². The number of aromatic nitrogens is 1. The maximum absolute atomic E-state index is 13.2. The average Bonchev–Trinajstić information content (AvgIpc) is 2.89. The Morgan fingerprint density at radius 1 is 1.08 bits per heavy atom. The highest BCUT2D eigenvalue weighted by Gasteiger charge is 2.31. The quantitative estimate of drug-likeness (QED) is 0.780. The first-order valence-corrected chi connectivity index (χ1v) is 8.71. The number of halogens is 3. The van der Waals surface area contributed by atoms with Crippen LogP contribution in [0.1, 0.15) is 19.4 Å². The predicted octanol–water partition coefficient (Wildman–Crippen LogP) is 2.20. The minimum atomic E-state index is -4.37. The fourth-order valence-electron chi connectivity index (χ4n) is 3.61. The lowest BCUT2D eigenvalue weighted by molar-refractivity contribution is -0.137. The second kappa shape index (κ2) is 5.67.